The van der Waals surface area contributed by atoms with Crippen LogP contribution in [0.4, 0.5) is 0 Å². The zero-order valence-electron chi connectivity index (χ0n) is 10.0. The maximum Gasteiger partial charge on any atom is 0.186 e. The first kappa shape index (κ1) is 11.8. The fraction of sp³-hybridized carbons (Fsp3) is 0.615. The molecule has 88 valence electrons. The summed E-state index contributed by atoms with van der Waals surface area (Å²) in [6.07, 6.45) is 2.54. The Morgan fingerprint density at radius 3 is 3.00 bits per heavy atom. The molecule has 2 heterocycles. The van der Waals surface area contributed by atoms with Crippen LogP contribution in [0.2, 0.25) is 0 Å². The predicted molar refractivity (Wildman–Crippen MR) is 68.2 cm³/mol. The molecular weight excluding hydrogens is 218 g/mol. The van der Waals surface area contributed by atoms with E-state index in [1.54, 1.807) is 11.3 Å². The molecule has 0 radical (unpaired) electrons. The Labute approximate surface area is 101 Å². The quantitative estimate of drug-likeness (QED) is 0.753. The molecule has 0 saturated carbocycles. The summed E-state index contributed by atoms with van der Waals surface area (Å²) in [6.45, 7) is 7.08. The molecule has 1 aliphatic heterocycles. The molecule has 1 atom stereocenters. The second kappa shape index (κ2) is 5.11. The highest BCUT2D eigenvalue weighted by Crippen LogP contribution is 2.19. The van der Waals surface area contributed by atoms with Crippen LogP contribution in [-0.2, 0) is 0 Å². The SMILES string of the molecule is Cc1ccc(C(=O)CN2CCCC(C)C2)s1. The molecule has 1 aliphatic rings. The Bertz CT molecular complexity index is 372. The van der Waals surface area contributed by atoms with Gasteiger partial charge in [-0.2, -0.15) is 0 Å². The normalized spacial score (nSPS) is 22.2. The summed E-state index contributed by atoms with van der Waals surface area (Å²) >= 11 is 1.61. The number of rotatable bonds is 3. The number of thiophene rings is 1. The highest BCUT2D eigenvalue weighted by atomic mass is 32.1. The van der Waals surface area contributed by atoms with E-state index in [1.165, 1.54) is 17.7 Å². The largest absolute Gasteiger partial charge is 0.296 e. The summed E-state index contributed by atoms with van der Waals surface area (Å²) in [6, 6.07) is 3.98. The van der Waals surface area contributed by atoms with Crippen LogP contribution in [0.15, 0.2) is 12.1 Å². The Morgan fingerprint density at radius 1 is 1.56 bits per heavy atom. The number of hydrogen-bond donors (Lipinski definition) is 0. The van der Waals surface area contributed by atoms with Gasteiger partial charge in [-0.15, -0.1) is 11.3 Å². The van der Waals surface area contributed by atoms with Crippen molar-refractivity contribution in [2.45, 2.75) is 26.7 Å². The summed E-state index contributed by atoms with van der Waals surface area (Å²) < 4.78 is 0. The molecular formula is C13H19NOS. The monoisotopic (exact) mass is 237 g/mol. The standard InChI is InChI=1S/C13H19NOS/c1-10-4-3-7-14(8-10)9-12(15)13-6-5-11(2)16-13/h5-6,10H,3-4,7-9H2,1-2H3. The topological polar surface area (TPSA) is 20.3 Å². The Morgan fingerprint density at radius 2 is 2.38 bits per heavy atom. The number of carbonyl (C=O) groups is 1. The molecule has 0 amide bonds. The maximum atomic E-state index is 12.0. The first-order valence-electron chi connectivity index (χ1n) is 5.97. The molecule has 0 bridgehead atoms. The van der Waals surface area contributed by atoms with Gasteiger partial charge >= 0.3 is 0 Å². The lowest BCUT2D eigenvalue weighted by Gasteiger charge is -2.29. The van der Waals surface area contributed by atoms with Crippen molar-refractivity contribution in [1.82, 2.24) is 4.90 Å². The van der Waals surface area contributed by atoms with Gasteiger partial charge < -0.3 is 0 Å². The molecule has 1 fully saturated rings. The lowest BCUT2D eigenvalue weighted by Crippen LogP contribution is -2.37. The molecule has 3 heteroatoms. The zero-order valence-corrected chi connectivity index (χ0v) is 10.8. The minimum absolute atomic E-state index is 0.284. The lowest BCUT2D eigenvalue weighted by molar-refractivity contribution is 0.0897. The average molecular weight is 237 g/mol. The third kappa shape index (κ3) is 2.92. The third-order valence-corrected chi connectivity index (χ3v) is 4.17. The van der Waals surface area contributed by atoms with E-state index in [9.17, 15) is 4.79 Å². The minimum atomic E-state index is 0.284. The molecule has 0 aromatic carbocycles. The molecule has 0 spiro atoms. The number of aryl methyl sites for hydroxylation is 1. The summed E-state index contributed by atoms with van der Waals surface area (Å²) in [5.41, 5.74) is 0. The average Bonchev–Trinajstić information content (AvgIpc) is 2.65. The summed E-state index contributed by atoms with van der Waals surface area (Å²) in [5, 5.41) is 0. The second-order valence-electron chi connectivity index (χ2n) is 4.82. The number of piperidine rings is 1. The van der Waals surface area contributed by atoms with Gasteiger partial charge in [0.15, 0.2) is 5.78 Å². The summed E-state index contributed by atoms with van der Waals surface area (Å²) in [4.78, 5) is 16.4. The molecule has 0 N–H and O–H groups in total. The maximum absolute atomic E-state index is 12.0. The van der Waals surface area contributed by atoms with Crippen LogP contribution >= 0.6 is 11.3 Å². The van der Waals surface area contributed by atoms with Crippen LogP contribution in [0.25, 0.3) is 0 Å². The van der Waals surface area contributed by atoms with Crippen molar-refractivity contribution in [3.8, 4) is 0 Å². The number of ketones is 1. The smallest absolute Gasteiger partial charge is 0.186 e. The van der Waals surface area contributed by atoms with E-state index >= 15 is 0 Å². The van der Waals surface area contributed by atoms with Crippen LogP contribution in [0, 0.1) is 12.8 Å². The van der Waals surface area contributed by atoms with E-state index in [2.05, 4.69) is 11.8 Å². The molecule has 1 unspecified atom stereocenters. The predicted octanol–water partition coefficient (Wildman–Crippen LogP) is 2.97. The second-order valence-corrected chi connectivity index (χ2v) is 6.10. The van der Waals surface area contributed by atoms with E-state index in [-0.39, 0.29) is 5.78 Å². The van der Waals surface area contributed by atoms with Crippen molar-refractivity contribution in [3.05, 3.63) is 21.9 Å². The molecule has 1 aromatic rings. The van der Waals surface area contributed by atoms with Crippen LogP contribution in [0.3, 0.4) is 0 Å². The highest BCUT2D eigenvalue weighted by Gasteiger charge is 2.19. The molecule has 16 heavy (non-hydrogen) atoms. The van der Waals surface area contributed by atoms with Crippen molar-refractivity contribution in [1.29, 1.82) is 0 Å². The van der Waals surface area contributed by atoms with Gasteiger partial charge in [0.25, 0.3) is 0 Å². The number of Topliss-reactive ketones (excluding diaryl/α,β-unsaturated/α-hetero) is 1. The zero-order chi connectivity index (χ0) is 11.5. The van der Waals surface area contributed by atoms with E-state index in [1.807, 2.05) is 19.1 Å². The molecule has 1 saturated heterocycles. The van der Waals surface area contributed by atoms with Gasteiger partial charge in [-0.25, -0.2) is 0 Å². The van der Waals surface area contributed by atoms with Crippen LogP contribution in [0.5, 0.6) is 0 Å². The molecule has 1 aromatic heterocycles. The van der Waals surface area contributed by atoms with E-state index in [0.717, 1.165) is 23.9 Å². The van der Waals surface area contributed by atoms with Gasteiger partial charge in [-0.05, 0) is 44.4 Å². The van der Waals surface area contributed by atoms with Gasteiger partial charge in [-0.1, -0.05) is 6.92 Å². The fourth-order valence-corrected chi connectivity index (χ4v) is 3.09. The van der Waals surface area contributed by atoms with E-state index in [4.69, 9.17) is 0 Å². The van der Waals surface area contributed by atoms with Gasteiger partial charge in [0.1, 0.15) is 0 Å². The highest BCUT2D eigenvalue weighted by molar-refractivity contribution is 7.14. The van der Waals surface area contributed by atoms with Crippen molar-refractivity contribution >= 4 is 17.1 Å². The lowest BCUT2D eigenvalue weighted by atomic mass is 10.0. The fourth-order valence-electron chi connectivity index (χ4n) is 2.30. The van der Waals surface area contributed by atoms with Crippen LogP contribution in [0.1, 0.15) is 34.3 Å². The molecule has 0 aliphatic carbocycles. The molecule has 2 rings (SSSR count). The van der Waals surface area contributed by atoms with Crippen molar-refractivity contribution in [3.63, 3.8) is 0 Å². The van der Waals surface area contributed by atoms with Crippen LogP contribution < -0.4 is 0 Å². The van der Waals surface area contributed by atoms with E-state index < -0.39 is 0 Å². The van der Waals surface area contributed by atoms with Crippen molar-refractivity contribution in [2.24, 2.45) is 5.92 Å². The van der Waals surface area contributed by atoms with Gasteiger partial charge in [0, 0.05) is 11.4 Å². The van der Waals surface area contributed by atoms with Crippen molar-refractivity contribution < 1.29 is 4.79 Å². The number of nitrogens with zero attached hydrogens (tertiary/aromatic N) is 1. The first-order chi connectivity index (χ1) is 7.65. The van der Waals surface area contributed by atoms with Crippen molar-refractivity contribution in [2.75, 3.05) is 19.6 Å². The Hall–Kier alpha value is -0.670. The van der Waals surface area contributed by atoms with Gasteiger partial charge in [0.2, 0.25) is 0 Å². The Kier molecular flexibility index (Phi) is 3.77. The Balaban J connectivity index is 1.92. The van der Waals surface area contributed by atoms with Crippen LogP contribution in [-0.4, -0.2) is 30.3 Å². The van der Waals surface area contributed by atoms with Gasteiger partial charge in [0.05, 0.1) is 11.4 Å². The molecule has 2 nitrogen and oxygen atoms in total. The number of likely N-dealkylation sites (tertiary alicyclic amines) is 1. The van der Waals surface area contributed by atoms with Gasteiger partial charge in [-0.3, -0.25) is 9.69 Å². The third-order valence-electron chi connectivity index (χ3n) is 3.12. The minimum Gasteiger partial charge on any atom is -0.296 e. The number of carbonyl (C=O) groups excluding carboxylic acids is 1. The summed E-state index contributed by atoms with van der Waals surface area (Å²) in [5.74, 6) is 1.03. The van der Waals surface area contributed by atoms with E-state index in [0.29, 0.717) is 6.54 Å². The first-order valence-corrected chi connectivity index (χ1v) is 6.79. The summed E-state index contributed by atoms with van der Waals surface area (Å²) in [7, 11) is 0. The number of hydrogen-bond acceptors (Lipinski definition) is 3.